The summed E-state index contributed by atoms with van der Waals surface area (Å²) in [4.78, 5) is 0. The van der Waals surface area contributed by atoms with Crippen molar-refractivity contribution < 1.29 is 9.13 Å². The summed E-state index contributed by atoms with van der Waals surface area (Å²) in [6.07, 6.45) is 0. The highest BCUT2D eigenvalue weighted by Crippen LogP contribution is 2.29. The molecule has 0 fully saturated rings. The van der Waals surface area contributed by atoms with Crippen LogP contribution in [0.3, 0.4) is 0 Å². The highest BCUT2D eigenvalue weighted by Gasteiger charge is 2.15. The van der Waals surface area contributed by atoms with E-state index in [4.69, 9.17) is 10.5 Å². The summed E-state index contributed by atoms with van der Waals surface area (Å²) in [6.45, 7) is 4.03. The third-order valence-electron chi connectivity index (χ3n) is 2.84. The second kappa shape index (κ2) is 4.78. The molecule has 96 valence electrons. The maximum absolute atomic E-state index is 13.0. The van der Waals surface area contributed by atoms with Gasteiger partial charge in [0.1, 0.15) is 11.6 Å². The number of ether oxygens (including phenoxy) is 1. The molecule has 0 spiro atoms. The van der Waals surface area contributed by atoms with Crippen molar-refractivity contribution in [1.29, 1.82) is 0 Å². The van der Waals surface area contributed by atoms with Gasteiger partial charge in [0.25, 0.3) is 0 Å². The van der Waals surface area contributed by atoms with E-state index >= 15 is 0 Å². The Morgan fingerprint density at radius 2 is 2.11 bits per heavy atom. The van der Waals surface area contributed by atoms with Gasteiger partial charge in [0.15, 0.2) is 0 Å². The Bertz CT molecular complexity index is 578. The van der Waals surface area contributed by atoms with Crippen molar-refractivity contribution in [3.05, 3.63) is 40.8 Å². The molecule has 2 N–H and O–H groups in total. The maximum atomic E-state index is 13.0. The first-order valence-corrected chi connectivity index (χ1v) is 5.69. The molecule has 0 saturated carbocycles. The van der Waals surface area contributed by atoms with Crippen LogP contribution in [0, 0.1) is 19.7 Å². The first kappa shape index (κ1) is 12.6. The van der Waals surface area contributed by atoms with Crippen molar-refractivity contribution in [2.75, 3.05) is 0 Å². The van der Waals surface area contributed by atoms with E-state index < -0.39 is 0 Å². The van der Waals surface area contributed by atoms with E-state index in [0.717, 1.165) is 16.8 Å². The highest BCUT2D eigenvalue weighted by atomic mass is 19.1. The Hall–Kier alpha value is -1.88. The number of halogens is 1. The average molecular weight is 249 g/mol. The van der Waals surface area contributed by atoms with Crippen LogP contribution in [-0.4, -0.2) is 9.78 Å². The lowest BCUT2D eigenvalue weighted by atomic mass is 10.2. The van der Waals surface area contributed by atoms with Crippen molar-refractivity contribution >= 4 is 0 Å². The van der Waals surface area contributed by atoms with Crippen molar-refractivity contribution in [1.82, 2.24) is 9.78 Å². The first-order chi connectivity index (χ1) is 8.52. The zero-order valence-electron chi connectivity index (χ0n) is 10.7. The van der Waals surface area contributed by atoms with Crippen LogP contribution in [0.5, 0.6) is 11.6 Å². The fourth-order valence-electron chi connectivity index (χ4n) is 1.87. The number of rotatable bonds is 3. The Balaban J connectivity index is 2.39. The minimum Gasteiger partial charge on any atom is -0.439 e. The van der Waals surface area contributed by atoms with Gasteiger partial charge >= 0.3 is 0 Å². The quantitative estimate of drug-likeness (QED) is 0.908. The molecule has 4 nitrogen and oxygen atoms in total. The van der Waals surface area contributed by atoms with Gasteiger partial charge in [-0.1, -0.05) is 0 Å². The Morgan fingerprint density at radius 3 is 2.72 bits per heavy atom. The summed E-state index contributed by atoms with van der Waals surface area (Å²) in [5.41, 5.74) is 8.13. The SMILES string of the molecule is Cc1cc(F)ccc1Oc1c(CN)c(C)nn1C. The van der Waals surface area contributed by atoms with Gasteiger partial charge in [-0.25, -0.2) is 9.07 Å². The van der Waals surface area contributed by atoms with Gasteiger partial charge in [0, 0.05) is 13.6 Å². The first-order valence-electron chi connectivity index (χ1n) is 5.69. The predicted octanol–water partition coefficient (Wildman–Crippen LogP) is 2.43. The molecule has 2 aromatic rings. The van der Waals surface area contributed by atoms with E-state index in [1.54, 1.807) is 24.7 Å². The second-order valence-corrected chi connectivity index (χ2v) is 4.21. The van der Waals surface area contributed by atoms with E-state index in [-0.39, 0.29) is 5.82 Å². The Kier molecular flexibility index (Phi) is 3.34. The summed E-state index contributed by atoms with van der Waals surface area (Å²) in [6, 6.07) is 4.40. The number of benzene rings is 1. The Labute approximate surface area is 105 Å². The molecule has 5 heteroatoms. The molecular formula is C13H16FN3O. The fourth-order valence-corrected chi connectivity index (χ4v) is 1.87. The molecule has 0 aliphatic heterocycles. The van der Waals surface area contributed by atoms with Gasteiger partial charge in [-0.15, -0.1) is 0 Å². The molecule has 18 heavy (non-hydrogen) atoms. The molecule has 0 aliphatic rings. The zero-order valence-corrected chi connectivity index (χ0v) is 10.7. The van der Waals surface area contributed by atoms with Gasteiger partial charge in [0.2, 0.25) is 5.88 Å². The van der Waals surface area contributed by atoms with Gasteiger partial charge < -0.3 is 10.5 Å². The standard InChI is InChI=1S/C13H16FN3O/c1-8-6-10(14)4-5-12(8)18-13-11(7-15)9(2)16-17(13)3/h4-6H,7,15H2,1-3H3. The van der Waals surface area contributed by atoms with Crippen LogP contribution >= 0.6 is 0 Å². The van der Waals surface area contributed by atoms with Crippen molar-refractivity contribution in [2.24, 2.45) is 12.8 Å². The fraction of sp³-hybridized carbons (Fsp3) is 0.308. The molecule has 0 saturated heterocycles. The zero-order chi connectivity index (χ0) is 13.3. The molecule has 0 aliphatic carbocycles. The molecule has 0 unspecified atom stereocenters. The monoisotopic (exact) mass is 249 g/mol. The van der Waals surface area contributed by atoms with Gasteiger partial charge in [-0.05, 0) is 37.6 Å². The van der Waals surface area contributed by atoms with Crippen LogP contribution in [0.4, 0.5) is 4.39 Å². The summed E-state index contributed by atoms with van der Waals surface area (Å²) in [5, 5.41) is 4.26. The van der Waals surface area contributed by atoms with Crippen molar-refractivity contribution in [2.45, 2.75) is 20.4 Å². The molecule has 0 radical (unpaired) electrons. The summed E-state index contributed by atoms with van der Waals surface area (Å²) in [5.74, 6) is 0.930. The van der Waals surface area contributed by atoms with E-state index in [2.05, 4.69) is 5.10 Å². The number of aromatic nitrogens is 2. The smallest absolute Gasteiger partial charge is 0.222 e. The van der Waals surface area contributed by atoms with E-state index in [1.165, 1.54) is 12.1 Å². The lowest BCUT2D eigenvalue weighted by molar-refractivity contribution is 0.422. The largest absolute Gasteiger partial charge is 0.439 e. The average Bonchev–Trinajstić information content (AvgIpc) is 2.57. The molecule has 1 heterocycles. The number of hydrogen-bond donors (Lipinski definition) is 1. The van der Waals surface area contributed by atoms with Crippen molar-refractivity contribution in [3.8, 4) is 11.6 Å². The van der Waals surface area contributed by atoms with Crippen LogP contribution in [0.25, 0.3) is 0 Å². The van der Waals surface area contributed by atoms with Gasteiger partial charge in [0.05, 0.1) is 11.3 Å². The molecule has 0 atom stereocenters. The molecule has 0 amide bonds. The second-order valence-electron chi connectivity index (χ2n) is 4.21. The molecule has 1 aromatic carbocycles. The molecular weight excluding hydrogens is 233 g/mol. The minimum atomic E-state index is -0.278. The van der Waals surface area contributed by atoms with Crippen LogP contribution in [-0.2, 0) is 13.6 Å². The number of hydrogen-bond acceptors (Lipinski definition) is 3. The van der Waals surface area contributed by atoms with Crippen LogP contribution < -0.4 is 10.5 Å². The lowest BCUT2D eigenvalue weighted by Crippen LogP contribution is -2.02. The normalized spacial score (nSPS) is 10.7. The topological polar surface area (TPSA) is 53.1 Å². The number of nitrogens with two attached hydrogens (primary N) is 1. The third-order valence-corrected chi connectivity index (χ3v) is 2.84. The van der Waals surface area contributed by atoms with E-state index in [9.17, 15) is 4.39 Å². The van der Waals surface area contributed by atoms with Gasteiger partial charge in [-0.3, -0.25) is 0 Å². The van der Waals surface area contributed by atoms with E-state index in [0.29, 0.717) is 18.2 Å². The molecule has 2 rings (SSSR count). The van der Waals surface area contributed by atoms with Crippen molar-refractivity contribution in [3.63, 3.8) is 0 Å². The molecule has 0 bridgehead atoms. The van der Waals surface area contributed by atoms with Crippen LogP contribution in [0.15, 0.2) is 18.2 Å². The van der Waals surface area contributed by atoms with Gasteiger partial charge in [-0.2, -0.15) is 5.10 Å². The van der Waals surface area contributed by atoms with E-state index in [1.807, 2.05) is 6.92 Å². The molecule has 1 aromatic heterocycles. The Morgan fingerprint density at radius 1 is 1.39 bits per heavy atom. The lowest BCUT2D eigenvalue weighted by Gasteiger charge is -2.10. The highest BCUT2D eigenvalue weighted by molar-refractivity contribution is 5.39. The van der Waals surface area contributed by atoms with Crippen LogP contribution in [0.2, 0.25) is 0 Å². The third kappa shape index (κ3) is 2.22. The number of nitrogens with zero attached hydrogens (tertiary/aromatic N) is 2. The summed E-state index contributed by atoms with van der Waals surface area (Å²) < 4.78 is 20.5. The van der Waals surface area contributed by atoms with Crippen LogP contribution in [0.1, 0.15) is 16.8 Å². The maximum Gasteiger partial charge on any atom is 0.222 e. The minimum absolute atomic E-state index is 0.278. The summed E-state index contributed by atoms with van der Waals surface area (Å²) >= 11 is 0. The number of aryl methyl sites for hydroxylation is 3. The summed E-state index contributed by atoms with van der Waals surface area (Å²) in [7, 11) is 1.79. The predicted molar refractivity (Wildman–Crippen MR) is 67.0 cm³/mol.